The third kappa shape index (κ3) is 4.20. The standard InChI is InChI=1S/C18H21ClN4O2/c1-12-4-3-7-23(10-12)17-9-15(20-11-21-17)18(24)22-14-8-13(19)5-6-16(14)25-2/h5-6,8-9,11-12H,3-4,7,10H2,1-2H3,(H,22,24). The van der Waals surface area contributed by atoms with Gasteiger partial charge < -0.3 is 15.0 Å². The number of halogens is 1. The summed E-state index contributed by atoms with van der Waals surface area (Å²) in [4.78, 5) is 23.2. The Kier molecular flexibility index (Phi) is 5.38. The van der Waals surface area contributed by atoms with Gasteiger partial charge >= 0.3 is 0 Å². The number of carbonyl (C=O) groups excluding carboxylic acids is 1. The molecule has 1 saturated heterocycles. The molecule has 1 aromatic carbocycles. The van der Waals surface area contributed by atoms with E-state index in [9.17, 15) is 4.79 Å². The van der Waals surface area contributed by atoms with E-state index < -0.39 is 0 Å². The quantitative estimate of drug-likeness (QED) is 0.901. The molecule has 1 aromatic heterocycles. The number of nitrogens with one attached hydrogen (secondary N) is 1. The summed E-state index contributed by atoms with van der Waals surface area (Å²) in [6.07, 6.45) is 3.79. The van der Waals surface area contributed by atoms with E-state index in [0.717, 1.165) is 25.3 Å². The number of aromatic nitrogens is 2. The predicted molar refractivity (Wildman–Crippen MR) is 98.6 cm³/mol. The minimum atomic E-state index is -0.325. The van der Waals surface area contributed by atoms with Crippen molar-refractivity contribution in [3.05, 3.63) is 41.3 Å². The molecule has 3 rings (SSSR count). The van der Waals surface area contributed by atoms with E-state index in [1.165, 1.54) is 12.7 Å². The molecular weight excluding hydrogens is 340 g/mol. The molecule has 0 aliphatic carbocycles. The van der Waals surface area contributed by atoms with Crippen molar-refractivity contribution in [1.29, 1.82) is 0 Å². The number of nitrogens with zero attached hydrogens (tertiary/aromatic N) is 3. The van der Waals surface area contributed by atoms with Gasteiger partial charge in [-0.3, -0.25) is 4.79 Å². The molecule has 1 atom stereocenters. The van der Waals surface area contributed by atoms with E-state index in [4.69, 9.17) is 16.3 Å². The van der Waals surface area contributed by atoms with Crippen LogP contribution in [0.5, 0.6) is 5.75 Å². The van der Waals surface area contributed by atoms with E-state index in [0.29, 0.717) is 28.1 Å². The minimum Gasteiger partial charge on any atom is -0.495 e. The zero-order valence-corrected chi connectivity index (χ0v) is 15.1. The highest BCUT2D eigenvalue weighted by atomic mass is 35.5. The number of hydrogen-bond donors (Lipinski definition) is 1. The van der Waals surface area contributed by atoms with E-state index in [-0.39, 0.29) is 5.91 Å². The lowest BCUT2D eigenvalue weighted by Gasteiger charge is -2.31. The van der Waals surface area contributed by atoms with Gasteiger partial charge in [-0.25, -0.2) is 9.97 Å². The van der Waals surface area contributed by atoms with Crippen molar-refractivity contribution < 1.29 is 9.53 Å². The van der Waals surface area contributed by atoms with Gasteiger partial charge in [-0.05, 0) is 37.0 Å². The maximum Gasteiger partial charge on any atom is 0.274 e. The molecule has 2 aromatic rings. The van der Waals surface area contributed by atoms with Crippen molar-refractivity contribution >= 4 is 29.0 Å². The molecule has 0 saturated carbocycles. The lowest BCUT2D eigenvalue weighted by Crippen LogP contribution is -2.35. The summed E-state index contributed by atoms with van der Waals surface area (Å²) in [6.45, 7) is 4.12. The summed E-state index contributed by atoms with van der Waals surface area (Å²) in [5.74, 6) is 1.62. The van der Waals surface area contributed by atoms with E-state index >= 15 is 0 Å². The van der Waals surface area contributed by atoms with Crippen molar-refractivity contribution in [3.8, 4) is 5.75 Å². The lowest BCUT2D eigenvalue weighted by molar-refractivity contribution is 0.102. The van der Waals surface area contributed by atoms with E-state index in [1.54, 1.807) is 31.4 Å². The van der Waals surface area contributed by atoms with Gasteiger partial charge in [0.1, 0.15) is 23.6 Å². The molecule has 25 heavy (non-hydrogen) atoms. The molecule has 1 fully saturated rings. The van der Waals surface area contributed by atoms with E-state index in [2.05, 4.69) is 27.1 Å². The molecule has 1 unspecified atom stereocenters. The van der Waals surface area contributed by atoms with Gasteiger partial charge in [-0.2, -0.15) is 0 Å². The van der Waals surface area contributed by atoms with Crippen molar-refractivity contribution in [2.45, 2.75) is 19.8 Å². The molecule has 0 spiro atoms. The number of anilines is 2. The predicted octanol–water partition coefficient (Wildman–Crippen LogP) is 3.63. The molecule has 1 N–H and O–H groups in total. The summed E-state index contributed by atoms with van der Waals surface area (Å²) in [6, 6.07) is 6.78. The van der Waals surface area contributed by atoms with Crippen LogP contribution in [0.15, 0.2) is 30.6 Å². The maximum atomic E-state index is 12.6. The summed E-state index contributed by atoms with van der Waals surface area (Å²) >= 11 is 6.00. The Morgan fingerprint density at radius 1 is 1.36 bits per heavy atom. The van der Waals surface area contributed by atoms with Gasteiger partial charge in [-0.1, -0.05) is 18.5 Å². The first-order valence-corrected chi connectivity index (χ1v) is 8.66. The first kappa shape index (κ1) is 17.5. The smallest absolute Gasteiger partial charge is 0.274 e. The highest BCUT2D eigenvalue weighted by Crippen LogP contribution is 2.28. The summed E-state index contributed by atoms with van der Waals surface area (Å²) in [5.41, 5.74) is 0.817. The molecule has 0 radical (unpaired) electrons. The number of methoxy groups -OCH3 is 1. The Morgan fingerprint density at radius 2 is 2.20 bits per heavy atom. The summed E-state index contributed by atoms with van der Waals surface area (Å²) in [7, 11) is 1.54. The second-order valence-corrected chi connectivity index (χ2v) is 6.69. The van der Waals surface area contributed by atoms with Gasteiger partial charge in [0.05, 0.1) is 12.8 Å². The van der Waals surface area contributed by atoms with Crippen LogP contribution in [-0.4, -0.2) is 36.1 Å². The monoisotopic (exact) mass is 360 g/mol. The molecule has 2 heterocycles. The van der Waals surface area contributed by atoms with Crippen LogP contribution in [0.25, 0.3) is 0 Å². The van der Waals surface area contributed by atoms with Crippen LogP contribution in [0.2, 0.25) is 5.02 Å². The number of piperidine rings is 1. The highest BCUT2D eigenvalue weighted by Gasteiger charge is 2.19. The zero-order valence-electron chi connectivity index (χ0n) is 14.3. The Hall–Kier alpha value is -2.34. The topological polar surface area (TPSA) is 67.3 Å². The second-order valence-electron chi connectivity index (χ2n) is 6.25. The fraction of sp³-hybridized carbons (Fsp3) is 0.389. The fourth-order valence-electron chi connectivity index (χ4n) is 3.01. The number of hydrogen-bond acceptors (Lipinski definition) is 5. The first-order valence-electron chi connectivity index (χ1n) is 8.28. The molecule has 132 valence electrons. The number of rotatable bonds is 4. The molecule has 7 heteroatoms. The Morgan fingerprint density at radius 3 is 2.96 bits per heavy atom. The van der Waals surface area contributed by atoms with Crippen molar-refractivity contribution in [2.75, 3.05) is 30.4 Å². The van der Waals surface area contributed by atoms with Crippen LogP contribution in [0.3, 0.4) is 0 Å². The maximum absolute atomic E-state index is 12.6. The number of amides is 1. The third-order valence-electron chi connectivity index (χ3n) is 4.28. The lowest BCUT2D eigenvalue weighted by atomic mass is 10.0. The van der Waals surface area contributed by atoms with Crippen molar-refractivity contribution in [3.63, 3.8) is 0 Å². The van der Waals surface area contributed by atoms with Crippen molar-refractivity contribution in [2.24, 2.45) is 5.92 Å². The first-order chi connectivity index (χ1) is 12.1. The zero-order chi connectivity index (χ0) is 17.8. The van der Waals surface area contributed by atoms with Crippen LogP contribution in [0, 0.1) is 5.92 Å². The average Bonchev–Trinajstić information content (AvgIpc) is 2.62. The van der Waals surface area contributed by atoms with Crippen LogP contribution >= 0.6 is 11.6 Å². The van der Waals surface area contributed by atoms with Crippen LogP contribution in [0.4, 0.5) is 11.5 Å². The number of ether oxygens (including phenoxy) is 1. The highest BCUT2D eigenvalue weighted by molar-refractivity contribution is 6.31. The second kappa shape index (κ2) is 7.70. The summed E-state index contributed by atoms with van der Waals surface area (Å²) < 4.78 is 5.25. The van der Waals surface area contributed by atoms with Gasteiger partial charge in [0.2, 0.25) is 0 Å². The van der Waals surface area contributed by atoms with Gasteiger partial charge in [0.15, 0.2) is 0 Å². The Balaban J connectivity index is 1.79. The van der Waals surface area contributed by atoms with Gasteiger partial charge in [-0.15, -0.1) is 0 Å². The third-order valence-corrected chi connectivity index (χ3v) is 4.51. The van der Waals surface area contributed by atoms with Crippen LogP contribution < -0.4 is 15.0 Å². The van der Waals surface area contributed by atoms with Crippen molar-refractivity contribution in [1.82, 2.24) is 9.97 Å². The molecule has 0 bridgehead atoms. The average molecular weight is 361 g/mol. The van der Waals surface area contributed by atoms with E-state index in [1.807, 2.05) is 0 Å². The van der Waals surface area contributed by atoms with Crippen LogP contribution in [0.1, 0.15) is 30.3 Å². The van der Waals surface area contributed by atoms with Gasteiger partial charge in [0.25, 0.3) is 5.91 Å². The van der Waals surface area contributed by atoms with Gasteiger partial charge in [0, 0.05) is 24.2 Å². The fourth-order valence-corrected chi connectivity index (χ4v) is 3.18. The minimum absolute atomic E-state index is 0.310. The molecule has 1 aliphatic rings. The molecule has 6 nitrogen and oxygen atoms in total. The number of benzene rings is 1. The van der Waals surface area contributed by atoms with Crippen LogP contribution in [-0.2, 0) is 0 Å². The molecular formula is C18H21ClN4O2. The normalized spacial score (nSPS) is 17.2. The Labute approximate surface area is 152 Å². The molecule has 1 aliphatic heterocycles. The largest absolute Gasteiger partial charge is 0.495 e. The Bertz CT molecular complexity index is 768. The summed E-state index contributed by atoms with van der Waals surface area (Å²) in [5, 5.41) is 3.32. The molecule has 1 amide bonds. The number of carbonyl (C=O) groups is 1. The SMILES string of the molecule is COc1ccc(Cl)cc1NC(=O)c1cc(N2CCCC(C)C2)ncn1.